The van der Waals surface area contributed by atoms with Crippen molar-refractivity contribution in [3.8, 4) is 0 Å². The number of Topliss-reactive ketones (excluding diaryl/α,β-unsaturated/α-hetero) is 1. The Labute approximate surface area is 140 Å². The number of ketones is 1. The van der Waals surface area contributed by atoms with Gasteiger partial charge in [0.2, 0.25) is 0 Å². The van der Waals surface area contributed by atoms with Gasteiger partial charge in [0.15, 0.2) is 5.78 Å². The van der Waals surface area contributed by atoms with E-state index < -0.39 is 74.3 Å². The highest BCUT2D eigenvalue weighted by Crippen LogP contribution is 2.40. The van der Waals surface area contributed by atoms with Gasteiger partial charge in [-0.25, -0.2) is 4.79 Å². The average Bonchev–Trinajstić information content (AvgIpc) is 2.47. The van der Waals surface area contributed by atoms with Crippen molar-refractivity contribution in [2.45, 2.75) is 36.2 Å². The minimum atomic E-state index is -4.96. The molecule has 1 aliphatic heterocycles. The summed E-state index contributed by atoms with van der Waals surface area (Å²) >= 11 is 0. The van der Waals surface area contributed by atoms with Crippen molar-refractivity contribution in [3.05, 3.63) is 0 Å². The van der Waals surface area contributed by atoms with Crippen LogP contribution in [0.15, 0.2) is 0 Å². The third-order valence-corrected chi connectivity index (χ3v) is 4.51. The maximum atomic E-state index is 12.0. The van der Waals surface area contributed by atoms with Crippen LogP contribution in [0.3, 0.4) is 0 Å². The van der Waals surface area contributed by atoms with Crippen molar-refractivity contribution >= 4 is 19.3 Å². The van der Waals surface area contributed by atoms with E-state index in [0.717, 1.165) is 0 Å². The quantitative estimate of drug-likeness (QED) is 0.185. The van der Waals surface area contributed by atoms with Crippen LogP contribution in [0.25, 0.3) is 0 Å². The molecule has 0 radical (unpaired) electrons. The third kappa shape index (κ3) is 4.60. The molecule has 1 aliphatic rings. The third-order valence-electron chi connectivity index (χ3n) is 3.79. The van der Waals surface area contributed by atoms with Gasteiger partial charge in [0, 0.05) is 0 Å². The monoisotopic (exact) mass is 389 g/mol. The zero-order valence-corrected chi connectivity index (χ0v) is 13.5. The average molecular weight is 389 g/mol. The number of rotatable bonds is 7. The van der Waals surface area contributed by atoms with Gasteiger partial charge in [-0.3, -0.25) is 9.36 Å². The molecule has 0 spiro atoms. The van der Waals surface area contributed by atoms with E-state index in [1.54, 1.807) is 0 Å². The molecule has 10 N–H and O–H groups in total. The first-order valence-corrected chi connectivity index (χ1v) is 8.67. The Morgan fingerprint density at radius 2 is 1.80 bits per heavy atom. The molecule has 1 fully saturated rings. The lowest BCUT2D eigenvalue weighted by molar-refractivity contribution is -0.311. The Morgan fingerprint density at radius 1 is 1.28 bits per heavy atom. The van der Waals surface area contributed by atoms with Crippen LogP contribution in [0.4, 0.5) is 0 Å². The van der Waals surface area contributed by atoms with Gasteiger partial charge >= 0.3 is 13.6 Å². The molecule has 0 aromatic rings. The van der Waals surface area contributed by atoms with Crippen molar-refractivity contribution in [2.24, 2.45) is 11.7 Å². The largest absolute Gasteiger partial charge is 0.477 e. The van der Waals surface area contributed by atoms with E-state index in [4.69, 9.17) is 30.5 Å². The number of carbonyl (C=O) groups is 2. The van der Waals surface area contributed by atoms with Crippen LogP contribution < -0.4 is 5.73 Å². The molecule has 1 saturated heterocycles. The molecule has 146 valence electrons. The van der Waals surface area contributed by atoms with Crippen LogP contribution in [0.5, 0.6) is 0 Å². The maximum Gasteiger partial charge on any atom is 0.365 e. The van der Waals surface area contributed by atoms with Gasteiger partial charge in [0.25, 0.3) is 5.79 Å². The number of carbonyl (C=O) groups excluding carboxylic acids is 1. The van der Waals surface area contributed by atoms with Crippen molar-refractivity contribution in [1.29, 1.82) is 0 Å². The van der Waals surface area contributed by atoms with Gasteiger partial charge in [-0.1, -0.05) is 0 Å². The summed E-state index contributed by atoms with van der Waals surface area (Å²) in [5.74, 6) is -9.58. The first-order valence-electron chi connectivity index (χ1n) is 6.87. The number of hydrogen-bond donors (Lipinski definition) is 9. The predicted octanol–water partition coefficient (Wildman–Crippen LogP) is -5.08. The predicted molar refractivity (Wildman–Crippen MR) is 75.9 cm³/mol. The standard InChI is InChI=1S/C11H20NO12P/c12-6-8(17)5(4(15)2-25(21,22)23)11(20,10(18)19)24-9(6)7(16)3(14)1-13/h3,5-9,13-14,16-17,20H,1-2,12H2,(H,18,19)(H2,21,22,23)/t3-,5?,6-,7-,8+,9-,11?/m1/s1. The van der Waals surface area contributed by atoms with Crippen LogP contribution in [-0.4, -0.2) is 101 Å². The topological polar surface area (TPSA) is 248 Å². The number of aliphatic carboxylic acids is 1. The smallest absolute Gasteiger partial charge is 0.365 e. The summed E-state index contributed by atoms with van der Waals surface area (Å²) in [5.41, 5.74) is 5.55. The highest BCUT2D eigenvalue weighted by Gasteiger charge is 2.62. The first kappa shape index (κ1) is 22.1. The maximum absolute atomic E-state index is 12.0. The van der Waals surface area contributed by atoms with E-state index in [9.17, 15) is 34.6 Å². The fourth-order valence-electron chi connectivity index (χ4n) is 2.53. The minimum absolute atomic E-state index is 0.990. The molecule has 0 aliphatic carbocycles. The number of hydrogen-bond acceptors (Lipinski definition) is 10. The van der Waals surface area contributed by atoms with Crippen LogP contribution >= 0.6 is 7.60 Å². The van der Waals surface area contributed by atoms with Gasteiger partial charge in [0.1, 0.15) is 30.4 Å². The molecular weight excluding hydrogens is 369 g/mol. The number of aliphatic hydroxyl groups is 5. The Kier molecular flexibility index (Phi) is 6.81. The Balaban J connectivity index is 3.27. The van der Waals surface area contributed by atoms with Crippen LogP contribution in [-0.2, 0) is 18.9 Å². The van der Waals surface area contributed by atoms with Crippen LogP contribution in [0, 0.1) is 5.92 Å². The number of nitrogens with two attached hydrogens (primary N) is 1. The Morgan fingerprint density at radius 3 is 2.20 bits per heavy atom. The molecule has 0 saturated carbocycles. The Hall–Kier alpha value is -0.990. The second-order valence-corrected chi connectivity index (χ2v) is 7.30. The number of carboxylic acids is 1. The second-order valence-electron chi connectivity index (χ2n) is 5.66. The molecule has 14 heteroatoms. The molecule has 0 amide bonds. The van der Waals surface area contributed by atoms with E-state index in [1.807, 2.05) is 0 Å². The lowest BCUT2D eigenvalue weighted by Gasteiger charge is -2.47. The highest BCUT2D eigenvalue weighted by molar-refractivity contribution is 7.52. The summed E-state index contributed by atoms with van der Waals surface area (Å²) in [7, 11) is -4.96. The van der Waals surface area contributed by atoms with E-state index in [0.29, 0.717) is 0 Å². The lowest BCUT2D eigenvalue weighted by Crippen LogP contribution is -2.71. The zero-order chi connectivity index (χ0) is 19.7. The molecule has 1 rings (SSSR count). The number of aliphatic hydroxyl groups excluding tert-OH is 4. The van der Waals surface area contributed by atoms with Gasteiger partial charge in [-0.2, -0.15) is 0 Å². The molecule has 1 heterocycles. The van der Waals surface area contributed by atoms with E-state index in [2.05, 4.69) is 0 Å². The van der Waals surface area contributed by atoms with Crippen LogP contribution in [0.2, 0.25) is 0 Å². The van der Waals surface area contributed by atoms with E-state index in [1.165, 1.54) is 0 Å². The molecule has 0 aromatic heterocycles. The van der Waals surface area contributed by atoms with Crippen molar-refractivity contribution in [1.82, 2.24) is 0 Å². The molecule has 7 atom stereocenters. The molecule has 2 unspecified atom stereocenters. The summed E-state index contributed by atoms with van der Waals surface area (Å²) < 4.78 is 15.7. The van der Waals surface area contributed by atoms with Gasteiger partial charge in [-0.15, -0.1) is 0 Å². The van der Waals surface area contributed by atoms with E-state index in [-0.39, 0.29) is 0 Å². The van der Waals surface area contributed by atoms with Crippen molar-refractivity contribution in [3.63, 3.8) is 0 Å². The van der Waals surface area contributed by atoms with Gasteiger partial charge in [0.05, 0.1) is 18.8 Å². The summed E-state index contributed by atoms with van der Waals surface area (Å²) in [4.78, 5) is 41.0. The molecule has 13 nitrogen and oxygen atoms in total. The normalized spacial score (nSPS) is 35.8. The zero-order valence-electron chi connectivity index (χ0n) is 12.6. The SMILES string of the molecule is N[C@H]1[C@H]([C@H](O)[C@H](O)CO)OC(O)(C(=O)O)C(C(=O)CP(=O)(O)O)[C@@H]1O. The van der Waals surface area contributed by atoms with Gasteiger partial charge < -0.3 is 50.9 Å². The van der Waals surface area contributed by atoms with Crippen molar-refractivity contribution < 1.29 is 59.3 Å². The van der Waals surface area contributed by atoms with Crippen molar-refractivity contribution in [2.75, 3.05) is 12.8 Å². The highest BCUT2D eigenvalue weighted by atomic mass is 31.2. The summed E-state index contributed by atoms with van der Waals surface area (Å²) in [6.07, 6.45) is -9.52. The fourth-order valence-corrected chi connectivity index (χ4v) is 3.13. The Bertz CT molecular complexity index is 565. The molecular formula is C11H20NO12P. The molecule has 0 bridgehead atoms. The fraction of sp³-hybridized carbons (Fsp3) is 0.818. The lowest BCUT2D eigenvalue weighted by atomic mass is 9.79. The number of ether oxygens (including phenoxy) is 1. The second kappa shape index (κ2) is 7.72. The first-order chi connectivity index (χ1) is 11.3. The summed E-state index contributed by atoms with van der Waals surface area (Å²) in [6.45, 7) is -0.990. The number of carboxylic acid groups (broad SMARTS) is 1. The summed E-state index contributed by atoms with van der Waals surface area (Å²) in [6, 6.07) is -1.73. The van der Waals surface area contributed by atoms with Crippen LogP contribution in [0.1, 0.15) is 0 Å². The molecule has 25 heavy (non-hydrogen) atoms. The minimum Gasteiger partial charge on any atom is -0.477 e. The summed E-state index contributed by atoms with van der Waals surface area (Å²) in [5, 5.41) is 57.5. The molecule has 0 aromatic carbocycles. The van der Waals surface area contributed by atoms with E-state index >= 15 is 0 Å². The van der Waals surface area contributed by atoms with Gasteiger partial charge in [-0.05, 0) is 0 Å².